The van der Waals surface area contributed by atoms with Crippen LogP contribution in [0.5, 0.6) is 0 Å². The number of hydrogen-bond donors (Lipinski definition) is 0. The first kappa shape index (κ1) is 14.5. The molecule has 16 heavy (non-hydrogen) atoms. The molecular formula is C4Cl2F6O2S2. The fourth-order valence-electron chi connectivity index (χ4n) is 0.834. The molecule has 0 bridgehead atoms. The van der Waals surface area contributed by atoms with Gasteiger partial charge in [0.25, 0.3) is 9.84 Å². The number of sulfone groups is 1. The summed E-state index contributed by atoms with van der Waals surface area (Å²) in [7, 11) is -6.21. The SMILES string of the molecule is O=S1(=O)C(F)(C(F)(F)Cl)SC1(F)C(F)(F)Cl. The van der Waals surface area contributed by atoms with Crippen molar-refractivity contribution in [3.05, 3.63) is 0 Å². The number of halogens is 8. The molecule has 0 N–H and O–H groups in total. The molecule has 1 aliphatic rings. The van der Waals surface area contributed by atoms with E-state index in [0.717, 1.165) is 0 Å². The first-order valence-corrected chi connectivity index (χ1v) is 6.22. The third-order valence-electron chi connectivity index (χ3n) is 1.63. The minimum atomic E-state index is -6.21. The summed E-state index contributed by atoms with van der Waals surface area (Å²) in [5.74, 6) is 0. The Morgan fingerprint density at radius 3 is 1.31 bits per heavy atom. The molecule has 1 fully saturated rings. The van der Waals surface area contributed by atoms with Crippen molar-refractivity contribution < 1.29 is 34.8 Å². The van der Waals surface area contributed by atoms with Crippen LogP contribution >= 0.6 is 35.0 Å². The predicted octanol–water partition coefficient (Wildman–Crippen LogP) is 3.06. The van der Waals surface area contributed by atoms with Crippen LogP contribution in [0.15, 0.2) is 0 Å². The molecule has 12 heteroatoms. The zero-order valence-electron chi connectivity index (χ0n) is 6.66. The average Bonchev–Trinajstić information content (AvgIpc) is 1.99. The fraction of sp³-hybridized carbons (Fsp3) is 1.00. The van der Waals surface area contributed by atoms with Crippen molar-refractivity contribution >= 4 is 44.8 Å². The lowest BCUT2D eigenvalue weighted by Gasteiger charge is -2.46. The topological polar surface area (TPSA) is 34.1 Å². The van der Waals surface area contributed by atoms with Crippen molar-refractivity contribution in [2.75, 3.05) is 0 Å². The van der Waals surface area contributed by atoms with Crippen LogP contribution in [0.3, 0.4) is 0 Å². The second kappa shape index (κ2) is 3.27. The zero-order chi connectivity index (χ0) is 13.2. The first-order valence-electron chi connectivity index (χ1n) is 3.16. The maximum absolute atomic E-state index is 13.1. The molecule has 96 valence electrons. The van der Waals surface area contributed by atoms with Crippen molar-refractivity contribution in [2.45, 2.75) is 19.4 Å². The Morgan fingerprint density at radius 2 is 1.19 bits per heavy atom. The smallest absolute Gasteiger partial charge is 0.220 e. The molecule has 0 radical (unpaired) electrons. The minimum absolute atomic E-state index is 1.49. The number of hydrogen-bond acceptors (Lipinski definition) is 3. The van der Waals surface area contributed by atoms with E-state index < -0.39 is 41.0 Å². The van der Waals surface area contributed by atoms with E-state index in [9.17, 15) is 34.8 Å². The third kappa shape index (κ3) is 1.45. The minimum Gasteiger partial charge on any atom is -0.220 e. The van der Waals surface area contributed by atoms with E-state index in [2.05, 4.69) is 23.2 Å². The molecule has 0 spiro atoms. The van der Waals surface area contributed by atoms with Crippen molar-refractivity contribution in [1.82, 2.24) is 0 Å². The molecule has 0 amide bonds. The molecule has 1 saturated heterocycles. The normalized spacial score (nSPS) is 39.2. The summed E-state index contributed by atoms with van der Waals surface area (Å²) in [6.07, 6.45) is 0. The largest absolute Gasteiger partial charge is 0.379 e. The summed E-state index contributed by atoms with van der Waals surface area (Å²) in [6.45, 7) is 0. The molecule has 2 nitrogen and oxygen atoms in total. The number of alkyl halides is 8. The Hall–Kier alpha value is 0.460. The van der Waals surface area contributed by atoms with E-state index in [4.69, 9.17) is 0 Å². The lowest BCUT2D eigenvalue weighted by molar-refractivity contribution is -0.0123. The van der Waals surface area contributed by atoms with Crippen molar-refractivity contribution in [3.63, 3.8) is 0 Å². The Balaban J connectivity index is 3.29. The molecular weight excluding hydrogens is 329 g/mol. The molecule has 0 aromatic carbocycles. The van der Waals surface area contributed by atoms with Crippen LogP contribution in [0, 0.1) is 0 Å². The van der Waals surface area contributed by atoms with Gasteiger partial charge in [0.1, 0.15) is 0 Å². The highest BCUT2D eigenvalue weighted by Gasteiger charge is 2.89. The standard InChI is InChI=1S/C4Cl2F6O2S2/c5-1(7,8)3(11)15-4(12,2(6,9)10)16(3,13)14. The van der Waals surface area contributed by atoms with E-state index in [1.807, 2.05) is 0 Å². The Kier molecular flexibility index (Phi) is 2.96. The van der Waals surface area contributed by atoms with Gasteiger partial charge >= 0.3 is 19.4 Å². The Labute approximate surface area is 99.2 Å². The maximum Gasteiger partial charge on any atom is 0.379 e. The summed E-state index contributed by atoms with van der Waals surface area (Å²) < 4.78 is 87.6. The van der Waals surface area contributed by atoms with Gasteiger partial charge in [0.2, 0.25) is 0 Å². The highest BCUT2D eigenvalue weighted by Crippen LogP contribution is 2.71. The number of rotatable bonds is 2. The van der Waals surface area contributed by atoms with E-state index in [-0.39, 0.29) is 0 Å². The van der Waals surface area contributed by atoms with Crippen LogP contribution in [0.25, 0.3) is 0 Å². The van der Waals surface area contributed by atoms with E-state index in [0.29, 0.717) is 0 Å². The summed E-state index contributed by atoms with van der Waals surface area (Å²) in [4.78, 5) is 0. The molecule has 0 saturated carbocycles. The summed E-state index contributed by atoms with van der Waals surface area (Å²) in [5, 5.41) is -10.1. The Morgan fingerprint density at radius 1 is 0.938 bits per heavy atom. The fourth-order valence-corrected chi connectivity index (χ4v) is 4.88. The second-order valence-corrected chi connectivity index (χ2v) is 7.60. The van der Waals surface area contributed by atoms with Crippen molar-refractivity contribution in [2.24, 2.45) is 0 Å². The highest BCUT2D eigenvalue weighted by molar-refractivity contribution is 8.31. The van der Waals surface area contributed by atoms with Crippen LogP contribution in [-0.2, 0) is 9.84 Å². The van der Waals surface area contributed by atoms with Crippen LogP contribution in [-0.4, -0.2) is 27.8 Å². The van der Waals surface area contributed by atoms with Gasteiger partial charge in [-0.3, -0.25) is 0 Å². The van der Waals surface area contributed by atoms with Gasteiger partial charge in [0, 0.05) is 0 Å². The summed E-state index contributed by atoms with van der Waals surface area (Å²) in [6, 6.07) is 0. The van der Waals surface area contributed by atoms with Gasteiger partial charge in [-0.05, 0) is 35.0 Å². The summed E-state index contributed by atoms with van der Waals surface area (Å²) >= 11 is 6.66. The van der Waals surface area contributed by atoms with Crippen LogP contribution in [0.2, 0.25) is 0 Å². The predicted molar refractivity (Wildman–Crippen MR) is 45.8 cm³/mol. The van der Waals surface area contributed by atoms with Crippen LogP contribution in [0.4, 0.5) is 26.3 Å². The van der Waals surface area contributed by atoms with E-state index in [1.165, 1.54) is 0 Å². The molecule has 1 aliphatic heterocycles. The van der Waals surface area contributed by atoms with Gasteiger partial charge in [-0.2, -0.15) is 17.6 Å². The highest BCUT2D eigenvalue weighted by atomic mass is 35.5. The molecule has 0 aliphatic carbocycles. The van der Waals surface area contributed by atoms with Crippen molar-refractivity contribution in [1.29, 1.82) is 0 Å². The third-order valence-corrected chi connectivity index (χ3v) is 7.35. The lowest BCUT2D eigenvalue weighted by atomic mass is 10.7. The first-order chi connectivity index (χ1) is 6.71. The van der Waals surface area contributed by atoms with Gasteiger partial charge in [-0.25, -0.2) is 17.2 Å². The number of thioether (sulfide) groups is 1. The van der Waals surface area contributed by atoms with Crippen LogP contribution < -0.4 is 0 Å². The lowest BCUT2D eigenvalue weighted by Crippen LogP contribution is -2.67. The van der Waals surface area contributed by atoms with Gasteiger partial charge < -0.3 is 0 Å². The zero-order valence-corrected chi connectivity index (χ0v) is 9.80. The molecule has 0 aromatic heterocycles. The molecule has 1 rings (SSSR count). The quantitative estimate of drug-likeness (QED) is 0.577. The monoisotopic (exact) mass is 328 g/mol. The molecule has 2 atom stereocenters. The van der Waals surface area contributed by atoms with Gasteiger partial charge in [-0.15, -0.1) is 0 Å². The van der Waals surface area contributed by atoms with Gasteiger partial charge in [-0.1, -0.05) is 0 Å². The average molecular weight is 329 g/mol. The van der Waals surface area contributed by atoms with E-state index >= 15 is 0 Å². The van der Waals surface area contributed by atoms with Crippen molar-refractivity contribution in [3.8, 4) is 0 Å². The molecule has 0 aromatic rings. The van der Waals surface area contributed by atoms with Gasteiger partial charge in [0.05, 0.1) is 0 Å². The second-order valence-electron chi connectivity index (χ2n) is 2.67. The maximum atomic E-state index is 13.1. The van der Waals surface area contributed by atoms with Gasteiger partial charge in [0.15, 0.2) is 0 Å². The summed E-state index contributed by atoms with van der Waals surface area (Å²) in [5.41, 5.74) is 0. The van der Waals surface area contributed by atoms with Crippen LogP contribution in [0.1, 0.15) is 0 Å². The Bertz CT molecular complexity index is 383. The molecule has 2 unspecified atom stereocenters. The molecule has 1 heterocycles. The van der Waals surface area contributed by atoms with E-state index in [1.54, 1.807) is 0 Å².